The number of rotatable bonds is 5. The predicted octanol–water partition coefficient (Wildman–Crippen LogP) is 2.17. The highest BCUT2D eigenvalue weighted by atomic mass is 16.5. The van der Waals surface area contributed by atoms with E-state index in [4.69, 9.17) is 15.9 Å². The van der Waals surface area contributed by atoms with Crippen molar-refractivity contribution in [3.8, 4) is 5.75 Å². The lowest BCUT2D eigenvalue weighted by molar-refractivity contribution is 0.289. The molecule has 0 radical (unpaired) electrons. The first kappa shape index (κ1) is 14.1. The highest BCUT2D eigenvalue weighted by Gasteiger charge is 2.06. The smallest absolute Gasteiger partial charge is 0.122 e. The normalized spacial score (nSPS) is 10.6. The third-order valence-electron chi connectivity index (χ3n) is 3.48. The van der Waals surface area contributed by atoms with E-state index in [1.807, 2.05) is 23.7 Å². The number of nitrogens with zero attached hydrogens (tertiary/aromatic N) is 2. The van der Waals surface area contributed by atoms with Crippen molar-refractivity contribution in [1.29, 1.82) is 5.41 Å². The van der Waals surface area contributed by atoms with E-state index in [2.05, 4.69) is 18.9 Å². The second-order valence-corrected chi connectivity index (χ2v) is 4.81. The molecule has 0 aliphatic rings. The van der Waals surface area contributed by atoms with Crippen molar-refractivity contribution in [2.75, 3.05) is 6.61 Å². The van der Waals surface area contributed by atoms with Crippen LogP contribution in [-0.4, -0.2) is 22.2 Å². The van der Waals surface area contributed by atoms with Crippen LogP contribution in [0, 0.1) is 26.2 Å². The van der Waals surface area contributed by atoms with Gasteiger partial charge in [0.2, 0.25) is 0 Å². The van der Waals surface area contributed by atoms with Gasteiger partial charge in [-0.3, -0.25) is 10.1 Å². The molecule has 0 saturated heterocycles. The Morgan fingerprint density at radius 3 is 2.40 bits per heavy atom. The predicted molar refractivity (Wildman–Crippen MR) is 79.4 cm³/mol. The Kier molecular flexibility index (Phi) is 4.08. The standard InChI is InChI=1S/C15H20N4O/c1-10-11(2)18-19(12(10)3)8-9-20-14-6-4-13(5-7-14)15(16)17/h4-7H,8-9H2,1-3H3,(H3,16,17). The molecule has 1 aromatic heterocycles. The van der Waals surface area contributed by atoms with Crippen molar-refractivity contribution < 1.29 is 4.74 Å². The second kappa shape index (κ2) is 5.77. The lowest BCUT2D eigenvalue weighted by atomic mass is 10.2. The van der Waals surface area contributed by atoms with E-state index in [1.54, 1.807) is 12.1 Å². The van der Waals surface area contributed by atoms with Gasteiger partial charge in [-0.2, -0.15) is 5.10 Å². The van der Waals surface area contributed by atoms with Gasteiger partial charge < -0.3 is 10.5 Å². The number of aryl methyl sites for hydroxylation is 1. The minimum Gasteiger partial charge on any atom is -0.492 e. The first-order valence-electron chi connectivity index (χ1n) is 6.57. The minimum atomic E-state index is 0.0645. The van der Waals surface area contributed by atoms with E-state index >= 15 is 0 Å². The molecule has 3 N–H and O–H groups in total. The maximum absolute atomic E-state index is 7.33. The summed E-state index contributed by atoms with van der Waals surface area (Å²) in [6, 6.07) is 7.21. The van der Waals surface area contributed by atoms with Crippen molar-refractivity contribution in [3.63, 3.8) is 0 Å². The number of benzene rings is 1. The molecule has 0 spiro atoms. The summed E-state index contributed by atoms with van der Waals surface area (Å²) in [5.74, 6) is 0.836. The van der Waals surface area contributed by atoms with Crippen LogP contribution in [0.4, 0.5) is 0 Å². The first-order chi connectivity index (χ1) is 9.49. The van der Waals surface area contributed by atoms with Crippen LogP contribution < -0.4 is 10.5 Å². The molecule has 106 valence electrons. The summed E-state index contributed by atoms with van der Waals surface area (Å²) < 4.78 is 7.64. The molecule has 5 heteroatoms. The van der Waals surface area contributed by atoms with Gasteiger partial charge >= 0.3 is 0 Å². The van der Waals surface area contributed by atoms with Crippen LogP contribution >= 0.6 is 0 Å². The van der Waals surface area contributed by atoms with Crippen LogP contribution in [0.2, 0.25) is 0 Å². The van der Waals surface area contributed by atoms with Crippen molar-refractivity contribution in [1.82, 2.24) is 9.78 Å². The van der Waals surface area contributed by atoms with Crippen molar-refractivity contribution in [2.45, 2.75) is 27.3 Å². The van der Waals surface area contributed by atoms with Gasteiger partial charge in [-0.05, 0) is 50.6 Å². The van der Waals surface area contributed by atoms with Gasteiger partial charge in [0.25, 0.3) is 0 Å². The van der Waals surface area contributed by atoms with Gasteiger partial charge in [-0.25, -0.2) is 0 Å². The number of nitrogens with one attached hydrogen (secondary N) is 1. The molecular weight excluding hydrogens is 252 g/mol. The van der Waals surface area contributed by atoms with Crippen molar-refractivity contribution in [2.24, 2.45) is 5.73 Å². The Morgan fingerprint density at radius 1 is 1.25 bits per heavy atom. The third-order valence-corrected chi connectivity index (χ3v) is 3.48. The van der Waals surface area contributed by atoms with Crippen molar-refractivity contribution in [3.05, 3.63) is 46.8 Å². The lowest BCUT2D eigenvalue weighted by Gasteiger charge is -2.08. The van der Waals surface area contributed by atoms with E-state index in [1.165, 1.54) is 11.3 Å². The number of ether oxygens (including phenoxy) is 1. The summed E-state index contributed by atoms with van der Waals surface area (Å²) >= 11 is 0. The molecule has 0 bridgehead atoms. The number of nitrogens with two attached hydrogens (primary N) is 1. The number of amidine groups is 1. The number of hydrogen-bond donors (Lipinski definition) is 2. The zero-order valence-corrected chi connectivity index (χ0v) is 12.1. The van der Waals surface area contributed by atoms with Gasteiger partial charge in [0.1, 0.15) is 18.2 Å². The van der Waals surface area contributed by atoms with Gasteiger partial charge in [0.05, 0.1) is 12.2 Å². The molecule has 0 unspecified atom stereocenters. The van der Waals surface area contributed by atoms with Crippen LogP contribution in [0.25, 0.3) is 0 Å². The summed E-state index contributed by atoms with van der Waals surface area (Å²) in [4.78, 5) is 0. The molecule has 0 fully saturated rings. The molecule has 0 amide bonds. The fourth-order valence-electron chi connectivity index (χ4n) is 1.98. The number of nitrogen functional groups attached to an aromatic ring is 1. The molecule has 0 atom stereocenters. The Morgan fingerprint density at radius 2 is 1.90 bits per heavy atom. The van der Waals surface area contributed by atoms with Crippen LogP contribution in [0.15, 0.2) is 24.3 Å². The largest absolute Gasteiger partial charge is 0.492 e. The van der Waals surface area contributed by atoms with Crippen LogP contribution in [-0.2, 0) is 6.54 Å². The Balaban J connectivity index is 1.92. The lowest BCUT2D eigenvalue weighted by Crippen LogP contribution is -2.12. The Labute approximate surface area is 118 Å². The molecule has 0 aliphatic heterocycles. The molecule has 2 aromatic rings. The van der Waals surface area contributed by atoms with Crippen LogP contribution in [0.5, 0.6) is 5.75 Å². The van der Waals surface area contributed by atoms with Gasteiger partial charge in [-0.15, -0.1) is 0 Å². The maximum Gasteiger partial charge on any atom is 0.122 e. The molecule has 5 nitrogen and oxygen atoms in total. The van der Waals surface area contributed by atoms with Crippen LogP contribution in [0.3, 0.4) is 0 Å². The number of hydrogen-bond acceptors (Lipinski definition) is 3. The molecular formula is C15H20N4O. The van der Waals surface area contributed by atoms with Crippen LogP contribution in [0.1, 0.15) is 22.5 Å². The third kappa shape index (κ3) is 2.99. The summed E-state index contributed by atoms with van der Waals surface area (Å²) in [7, 11) is 0. The summed E-state index contributed by atoms with van der Waals surface area (Å²) in [5, 5.41) is 11.8. The highest BCUT2D eigenvalue weighted by molar-refractivity contribution is 5.94. The van der Waals surface area contributed by atoms with Gasteiger partial charge in [0.15, 0.2) is 0 Å². The SMILES string of the molecule is Cc1nn(CCOc2ccc(C(=N)N)cc2)c(C)c1C. The quantitative estimate of drug-likeness (QED) is 0.647. The van der Waals surface area contributed by atoms with E-state index in [0.29, 0.717) is 12.2 Å². The van der Waals surface area contributed by atoms with Gasteiger partial charge in [0, 0.05) is 11.3 Å². The summed E-state index contributed by atoms with van der Waals surface area (Å²) in [6.07, 6.45) is 0. The van der Waals surface area contributed by atoms with E-state index in [-0.39, 0.29) is 5.84 Å². The fraction of sp³-hybridized carbons (Fsp3) is 0.333. The molecule has 2 rings (SSSR count). The number of aromatic nitrogens is 2. The molecule has 0 saturated carbocycles. The van der Waals surface area contributed by atoms with E-state index < -0.39 is 0 Å². The molecule has 1 heterocycles. The minimum absolute atomic E-state index is 0.0645. The fourth-order valence-corrected chi connectivity index (χ4v) is 1.98. The van der Waals surface area contributed by atoms with Crippen molar-refractivity contribution >= 4 is 5.84 Å². The average Bonchev–Trinajstić information content (AvgIpc) is 2.67. The zero-order valence-electron chi connectivity index (χ0n) is 12.1. The molecule has 20 heavy (non-hydrogen) atoms. The zero-order chi connectivity index (χ0) is 14.7. The summed E-state index contributed by atoms with van der Waals surface area (Å²) in [5.41, 5.74) is 9.58. The van der Waals surface area contributed by atoms with Gasteiger partial charge in [-0.1, -0.05) is 0 Å². The Bertz CT molecular complexity index is 614. The monoisotopic (exact) mass is 272 g/mol. The molecule has 1 aromatic carbocycles. The summed E-state index contributed by atoms with van der Waals surface area (Å²) in [6.45, 7) is 7.43. The molecule has 0 aliphatic carbocycles. The van der Waals surface area contributed by atoms with E-state index in [9.17, 15) is 0 Å². The average molecular weight is 272 g/mol. The topological polar surface area (TPSA) is 76.9 Å². The Hall–Kier alpha value is -2.30. The first-order valence-corrected chi connectivity index (χ1v) is 6.57. The van der Waals surface area contributed by atoms with E-state index in [0.717, 1.165) is 18.0 Å². The second-order valence-electron chi connectivity index (χ2n) is 4.81. The highest BCUT2D eigenvalue weighted by Crippen LogP contribution is 2.13. The maximum atomic E-state index is 7.33.